The first-order valence-corrected chi connectivity index (χ1v) is 10.1. The molecule has 0 unspecified atom stereocenters. The Morgan fingerprint density at radius 2 is 1.85 bits per heavy atom. The molecule has 2 aromatic rings. The number of carbonyl (C=O) groups excluding carboxylic acids is 1. The fourth-order valence-electron chi connectivity index (χ4n) is 2.64. The molecule has 0 atom stereocenters. The summed E-state index contributed by atoms with van der Waals surface area (Å²) in [5.74, 6) is 0.470. The van der Waals surface area contributed by atoms with Gasteiger partial charge in [0.15, 0.2) is 0 Å². The molecule has 0 spiro atoms. The third-order valence-electron chi connectivity index (χ3n) is 4.09. The summed E-state index contributed by atoms with van der Waals surface area (Å²) in [5.41, 5.74) is 1.80. The molecular weight excluding hydrogens is 366 g/mol. The number of aryl methyl sites for hydroxylation is 1. The minimum atomic E-state index is -3.77. The largest absolute Gasteiger partial charge is 0.492 e. The molecule has 0 amide bonds. The average Bonchev–Trinajstić information content (AvgIpc) is 2.65. The second kappa shape index (κ2) is 9.01. The second-order valence-corrected chi connectivity index (χ2v) is 8.15. The lowest BCUT2D eigenvalue weighted by atomic mass is 10.0. The van der Waals surface area contributed by atoms with E-state index in [0.29, 0.717) is 11.5 Å². The maximum Gasteiger partial charge on any atom is 0.337 e. The maximum atomic E-state index is 12.6. The lowest BCUT2D eigenvalue weighted by Crippen LogP contribution is -2.29. The van der Waals surface area contributed by atoms with Crippen LogP contribution in [0.1, 0.15) is 41.3 Å². The van der Waals surface area contributed by atoms with Crippen molar-refractivity contribution in [1.82, 2.24) is 4.72 Å². The first-order chi connectivity index (χ1) is 12.8. The predicted molar refractivity (Wildman–Crippen MR) is 104 cm³/mol. The number of nitrogens with one attached hydrogen (secondary N) is 1. The molecule has 0 heterocycles. The van der Waals surface area contributed by atoms with E-state index in [1.165, 1.54) is 19.2 Å². The number of esters is 1. The molecule has 7 heteroatoms. The van der Waals surface area contributed by atoms with Gasteiger partial charge in [0.2, 0.25) is 10.0 Å². The Kier molecular flexibility index (Phi) is 6.98. The highest BCUT2D eigenvalue weighted by molar-refractivity contribution is 7.89. The van der Waals surface area contributed by atoms with Gasteiger partial charge in [-0.25, -0.2) is 17.9 Å². The number of carbonyl (C=O) groups is 1. The van der Waals surface area contributed by atoms with E-state index in [1.807, 2.05) is 24.3 Å². The van der Waals surface area contributed by atoms with Gasteiger partial charge in [-0.3, -0.25) is 0 Å². The monoisotopic (exact) mass is 391 g/mol. The van der Waals surface area contributed by atoms with Gasteiger partial charge in [-0.15, -0.1) is 0 Å². The van der Waals surface area contributed by atoms with E-state index in [0.717, 1.165) is 11.3 Å². The normalized spacial score (nSPS) is 11.4. The number of sulfonamides is 1. The molecule has 0 saturated heterocycles. The van der Waals surface area contributed by atoms with Gasteiger partial charge in [-0.05, 0) is 42.2 Å². The van der Waals surface area contributed by atoms with Gasteiger partial charge in [-0.2, -0.15) is 0 Å². The van der Waals surface area contributed by atoms with Crippen molar-refractivity contribution in [3.8, 4) is 5.75 Å². The molecule has 2 rings (SSSR count). The number of para-hydroxylation sites is 1. The van der Waals surface area contributed by atoms with Crippen molar-refractivity contribution in [2.24, 2.45) is 0 Å². The van der Waals surface area contributed by atoms with Crippen LogP contribution in [0.2, 0.25) is 0 Å². The third-order valence-corrected chi connectivity index (χ3v) is 5.69. The first kappa shape index (κ1) is 20.9. The van der Waals surface area contributed by atoms with Gasteiger partial charge >= 0.3 is 5.97 Å². The maximum absolute atomic E-state index is 12.6. The minimum absolute atomic E-state index is 0.0491. The van der Waals surface area contributed by atoms with Gasteiger partial charge in [0.25, 0.3) is 0 Å². The zero-order valence-electron chi connectivity index (χ0n) is 16.0. The van der Waals surface area contributed by atoms with E-state index in [9.17, 15) is 13.2 Å². The Hall–Kier alpha value is -2.38. The summed E-state index contributed by atoms with van der Waals surface area (Å²) in [6, 6.07) is 12.1. The van der Waals surface area contributed by atoms with Crippen molar-refractivity contribution in [1.29, 1.82) is 0 Å². The van der Waals surface area contributed by atoms with Gasteiger partial charge in [-0.1, -0.05) is 38.1 Å². The van der Waals surface area contributed by atoms with Crippen LogP contribution < -0.4 is 9.46 Å². The molecule has 27 heavy (non-hydrogen) atoms. The van der Waals surface area contributed by atoms with Crippen molar-refractivity contribution in [3.05, 3.63) is 59.2 Å². The predicted octanol–water partition coefficient (Wildman–Crippen LogP) is 3.26. The summed E-state index contributed by atoms with van der Waals surface area (Å²) in [6.45, 7) is 6.12. The van der Waals surface area contributed by atoms with Crippen molar-refractivity contribution in [2.45, 2.75) is 31.6 Å². The van der Waals surface area contributed by atoms with Gasteiger partial charge in [0.05, 0.1) is 17.6 Å². The summed E-state index contributed by atoms with van der Waals surface area (Å²) in [4.78, 5) is 11.7. The van der Waals surface area contributed by atoms with Crippen molar-refractivity contribution in [3.63, 3.8) is 0 Å². The van der Waals surface area contributed by atoms with Gasteiger partial charge in [0.1, 0.15) is 12.4 Å². The van der Waals surface area contributed by atoms with E-state index in [-0.39, 0.29) is 23.6 Å². The molecule has 2 aromatic carbocycles. The van der Waals surface area contributed by atoms with E-state index in [4.69, 9.17) is 4.74 Å². The number of methoxy groups -OCH3 is 1. The second-order valence-electron chi connectivity index (χ2n) is 6.41. The molecule has 0 aliphatic rings. The molecule has 0 radical (unpaired) electrons. The number of benzene rings is 2. The Labute approximate surface area is 160 Å². The Balaban J connectivity index is 2.05. The highest BCUT2D eigenvalue weighted by atomic mass is 32.2. The van der Waals surface area contributed by atoms with Crippen molar-refractivity contribution < 1.29 is 22.7 Å². The van der Waals surface area contributed by atoms with Crippen LogP contribution in [-0.2, 0) is 14.8 Å². The summed E-state index contributed by atoms with van der Waals surface area (Å²) >= 11 is 0. The van der Waals surface area contributed by atoms with Crippen molar-refractivity contribution >= 4 is 16.0 Å². The lowest BCUT2D eigenvalue weighted by molar-refractivity contribution is 0.0600. The van der Waals surface area contributed by atoms with E-state index < -0.39 is 16.0 Å². The molecule has 0 saturated carbocycles. The number of ether oxygens (including phenoxy) is 2. The summed E-state index contributed by atoms with van der Waals surface area (Å²) in [7, 11) is -2.52. The quantitative estimate of drug-likeness (QED) is 0.552. The Bertz CT molecular complexity index is 906. The molecule has 6 nitrogen and oxygen atoms in total. The molecular formula is C20H25NO5S. The van der Waals surface area contributed by atoms with Crippen LogP contribution in [0.5, 0.6) is 5.75 Å². The van der Waals surface area contributed by atoms with E-state index in [2.05, 4.69) is 23.3 Å². The molecule has 0 aliphatic carbocycles. The fourth-order valence-corrected chi connectivity index (χ4v) is 3.92. The van der Waals surface area contributed by atoms with Crippen LogP contribution in [0.25, 0.3) is 0 Å². The summed E-state index contributed by atoms with van der Waals surface area (Å²) in [6.07, 6.45) is 0. The van der Waals surface area contributed by atoms with E-state index in [1.54, 1.807) is 13.0 Å². The Morgan fingerprint density at radius 3 is 2.52 bits per heavy atom. The highest BCUT2D eigenvalue weighted by Crippen LogP contribution is 2.25. The summed E-state index contributed by atoms with van der Waals surface area (Å²) in [5, 5.41) is 0. The Morgan fingerprint density at radius 1 is 1.15 bits per heavy atom. The zero-order chi connectivity index (χ0) is 20.0. The number of rotatable bonds is 8. The van der Waals surface area contributed by atoms with Crippen molar-refractivity contribution in [2.75, 3.05) is 20.3 Å². The first-order valence-electron chi connectivity index (χ1n) is 8.66. The molecule has 0 aliphatic heterocycles. The van der Waals surface area contributed by atoms with Crippen LogP contribution in [0.4, 0.5) is 0 Å². The average molecular weight is 391 g/mol. The lowest BCUT2D eigenvalue weighted by Gasteiger charge is -2.14. The fraction of sp³-hybridized carbons (Fsp3) is 0.350. The molecule has 0 aromatic heterocycles. The minimum Gasteiger partial charge on any atom is -0.492 e. The van der Waals surface area contributed by atoms with E-state index >= 15 is 0 Å². The molecule has 1 N–H and O–H groups in total. The van der Waals surface area contributed by atoms with Gasteiger partial charge < -0.3 is 9.47 Å². The van der Waals surface area contributed by atoms with Crippen LogP contribution in [0.15, 0.2) is 47.4 Å². The topological polar surface area (TPSA) is 81.7 Å². The van der Waals surface area contributed by atoms with Gasteiger partial charge in [0, 0.05) is 6.54 Å². The number of hydrogen-bond acceptors (Lipinski definition) is 5. The standard InChI is InChI=1S/C20H25NO5S/c1-14(2)17-7-5-6-8-18(17)26-12-11-21-27(23,24)19-13-16(20(22)25-4)10-9-15(19)3/h5-10,13-14,21H,11-12H2,1-4H3. The number of hydrogen-bond donors (Lipinski definition) is 1. The zero-order valence-corrected chi connectivity index (χ0v) is 16.8. The smallest absolute Gasteiger partial charge is 0.337 e. The highest BCUT2D eigenvalue weighted by Gasteiger charge is 2.19. The van der Waals surface area contributed by atoms with Crippen LogP contribution in [0.3, 0.4) is 0 Å². The van der Waals surface area contributed by atoms with Crippen LogP contribution in [0, 0.1) is 6.92 Å². The summed E-state index contributed by atoms with van der Waals surface area (Å²) < 4.78 is 38.1. The third kappa shape index (κ3) is 5.30. The molecule has 0 bridgehead atoms. The van der Waals surface area contributed by atoms with Crippen LogP contribution >= 0.6 is 0 Å². The molecule has 146 valence electrons. The van der Waals surface area contributed by atoms with Crippen LogP contribution in [-0.4, -0.2) is 34.6 Å². The SMILES string of the molecule is COC(=O)c1ccc(C)c(S(=O)(=O)NCCOc2ccccc2C(C)C)c1. The molecule has 0 fully saturated rings.